The van der Waals surface area contributed by atoms with Crippen LogP contribution in [-0.4, -0.2) is 28.6 Å². The van der Waals surface area contributed by atoms with Gasteiger partial charge in [-0.25, -0.2) is 0 Å². The Hall–Kier alpha value is -1.65. The molecule has 108 valence electrons. The summed E-state index contributed by atoms with van der Waals surface area (Å²) in [6.45, 7) is 1.62. The SMILES string of the molecule is Cc1cc(Nc2nc(N)nc(Cl)n2)ccc1S(O)(O)O. The van der Waals surface area contributed by atoms with Gasteiger partial charge in [-0.05, 0) is 42.3 Å². The topological polar surface area (TPSA) is 137 Å². The van der Waals surface area contributed by atoms with E-state index >= 15 is 0 Å². The van der Waals surface area contributed by atoms with E-state index in [4.69, 9.17) is 17.3 Å². The molecule has 0 radical (unpaired) electrons. The van der Waals surface area contributed by atoms with Crippen molar-refractivity contribution in [3.63, 3.8) is 0 Å². The number of rotatable bonds is 3. The van der Waals surface area contributed by atoms with Crippen molar-refractivity contribution in [1.29, 1.82) is 0 Å². The predicted octanol–water partition coefficient (Wildman–Crippen LogP) is 2.74. The van der Waals surface area contributed by atoms with Crippen LogP contribution in [0.3, 0.4) is 0 Å². The van der Waals surface area contributed by atoms with E-state index in [2.05, 4.69) is 20.3 Å². The molecule has 20 heavy (non-hydrogen) atoms. The van der Waals surface area contributed by atoms with Crippen LogP contribution < -0.4 is 11.1 Å². The summed E-state index contributed by atoms with van der Waals surface area (Å²) in [5.74, 6) is 0.135. The minimum atomic E-state index is -3.75. The van der Waals surface area contributed by atoms with Gasteiger partial charge in [0.15, 0.2) is 0 Å². The lowest BCUT2D eigenvalue weighted by Gasteiger charge is -2.21. The molecular formula is C10H12ClN5O3S. The van der Waals surface area contributed by atoms with Gasteiger partial charge < -0.3 is 24.7 Å². The third-order valence-electron chi connectivity index (χ3n) is 2.35. The number of nitrogens with zero attached hydrogens (tertiary/aromatic N) is 3. The first-order valence-corrected chi connectivity index (χ1v) is 7.19. The molecule has 0 aliphatic rings. The fraction of sp³-hybridized carbons (Fsp3) is 0.100. The van der Waals surface area contributed by atoms with Crippen molar-refractivity contribution in [3.05, 3.63) is 29.0 Å². The highest BCUT2D eigenvalue weighted by Gasteiger charge is 2.18. The number of halogens is 1. The molecule has 0 aliphatic carbocycles. The standard InChI is InChI=1S/C10H12ClN5O3S/c1-5-4-6(2-3-7(5)20(17,18)19)13-10-15-8(11)14-9(12)16-10/h2-4,17-19H,1H3,(H3,12,13,14,15,16). The number of hydrogen-bond acceptors (Lipinski definition) is 8. The van der Waals surface area contributed by atoms with Gasteiger partial charge in [0.25, 0.3) is 0 Å². The molecule has 0 aliphatic heterocycles. The van der Waals surface area contributed by atoms with Gasteiger partial charge in [0.1, 0.15) is 10.9 Å². The van der Waals surface area contributed by atoms with E-state index in [1.54, 1.807) is 13.0 Å². The van der Waals surface area contributed by atoms with Crippen LogP contribution >= 0.6 is 22.5 Å². The smallest absolute Gasteiger partial charge is 0.233 e. The minimum absolute atomic E-state index is 0.0228. The highest BCUT2D eigenvalue weighted by atomic mass is 35.5. The summed E-state index contributed by atoms with van der Waals surface area (Å²) in [5.41, 5.74) is 6.50. The van der Waals surface area contributed by atoms with E-state index < -0.39 is 10.9 Å². The summed E-state index contributed by atoms with van der Waals surface area (Å²) in [6, 6.07) is 4.51. The third kappa shape index (κ3) is 3.46. The molecule has 0 saturated carbocycles. The van der Waals surface area contributed by atoms with Crippen molar-refractivity contribution in [2.75, 3.05) is 11.1 Å². The largest absolute Gasteiger partial charge is 0.368 e. The van der Waals surface area contributed by atoms with Crippen molar-refractivity contribution >= 4 is 40.1 Å². The molecule has 0 atom stereocenters. The maximum Gasteiger partial charge on any atom is 0.233 e. The average Bonchev–Trinajstić information content (AvgIpc) is 2.25. The van der Waals surface area contributed by atoms with Gasteiger partial charge in [-0.3, -0.25) is 0 Å². The molecule has 0 unspecified atom stereocenters. The van der Waals surface area contributed by atoms with Gasteiger partial charge in [0.05, 0.1) is 4.90 Å². The number of hydrogen-bond donors (Lipinski definition) is 5. The average molecular weight is 318 g/mol. The van der Waals surface area contributed by atoms with Crippen molar-refractivity contribution in [3.8, 4) is 0 Å². The van der Waals surface area contributed by atoms with Crippen molar-refractivity contribution in [2.45, 2.75) is 11.8 Å². The number of aromatic nitrogens is 3. The van der Waals surface area contributed by atoms with E-state index in [1.165, 1.54) is 12.1 Å². The molecule has 1 aromatic carbocycles. The molecule has 0 fully saturated rings. The second-order valence-corrected chi connectivity index (χ2v) is 5.73. The fourth-order valence-electron chi connectivity index (χ4n) is 1.58. The third-order valence-corrected chi connectivity index (χ3v) is 3.57. The highest BCUT2D eigenvalue weighted by molar-refractivity contribution is 8.19. The Labute approximate surface area is 121 Å². The maximum atomic E-state index is 9.23. The van der Waals surface area contributed by atoms with Crippen molar-refractivity contribution in [2.24, 2.45) is 0 Å². The number of nitrogen functional groups attached to an aromatic ring is 1. The van der Waals surface area contributed by atoms with Gasteiger partial charge in [-0.1, -0.05) is 0 Å². The van der Waals surface area contributed by atoms with E-state index in [1.807, 2.05) is 0 Å². The van der Waals surface area contributed by atoms with Gasteiger partial charge in [-0.2, -0.15) is 15.0 Å². The van der Waals surface area contributed by atoms with E-state index in [-0.39, 0.29) is 22.1 Å². The molecule has 2 rings (SSSR count). The van der Waals surface area contributed by atoms with Crippen LogP contribution in [0, 0.1) is 6.92 Å². The molecule has 1 aromatic heterocycles. The zero-order chi connectivity index (χ0) is 14.9. The molecule has 0 amide bonds. The lowest BCUT2D eigenvalue weighted by molar-refractivity contribution is 0.375. The van der Waals surface area contributed by atoms with E-state index in [0.29, 0.717) is 11.3 Å². The molecule has 0 spiro atoms. The second-order valence-electron chi connectivity index (χ2n) is 3.91. The minimum Gasteiger partial charge on any atom is -0.368 e. The summed E-state index contributed by atoms with van der Waals surface area (Å²) >= 11 is 5.65. The lowest BCUT2D eigenvalue weighted by atomic mass is 10.2. The zero-order valence-electron chi connectivity index (χ0n) is 10.3. The summed E-state index contributed by atoms with van der Waals surface area (Å²) < 4.78 is 27.7. The second kappa shape index (κ2) is 5.38. The number of anilines is 3. The zero-order valence-corrected chi connectivity index (χ0v) is 11.9. The summed E-state index contributed by atoms with van der Waals surface area (Å²) in [5, 5.41) is 2.80. The quantitative estimate of drug-likeness (QED) is 0.582. The Bertz CT molecular complexity index is 629. The monoisotopic (exact) mass is 317 g/mol. The number of benzene rings is 1. The van der Waals surface area contributed by atoms with Crippen LogP contribution in [-0.2, 0) is 0 Å². The molecule has 10 heteroatoms. The predicted molar refractivity (Wildman–Crippen MR) is 77.5 cm³/mol. The Morgan fingerprint density at radius 1 is 1.20 bits per heavy atom. The van der Waals surface area contributed by atoms with Gasteiger partial charge in [0.2, 0.25) is 17.2 Å². The van der Waals surface area contributed by atoms with Crippen LogP contribution in [0.2, 0.25) is 5.28 Å². The van der Waals surface area contributed by atoms with Crippen LogP contribution in [0.15, 0.2) is 23.1 Å². The summed E-state index contributed by atoms with van der Waals surface area (Å²) in [6.07, 6.45) is 0. The van der Waals surface area contributed by atoms with Crippen molar-refractivity contribution in [1.82, 2.24) is 15.0 Å². The maximum absolute atomic E-state index is 9.23. The van der Waals surface area contributed by atoms with Crippen LogP contribution in [0.5, 0.6) is 0 Å². The fourth-order valence-corrected chi connectivity index (χ4v) is 2.49. The summed E-state index contributed by atoms with van der Waals surface area (Å²) in [7, 11) is -3.75. The van der Waals surface area contributed by atoms with Gasteiger partial charge >= 0.3 is 0 Å². The van der Waals surface area contributed by atoms with Gasteiger partial charge in [-0.15, -0.1) is 0 Å². The number of aryl methyl sites for hydroxylation is 1. The lowest BCUT2D eigenvalue weighted by Crippen LogP contribution is -2.04. The Morgan fingerprint density at radius 3 is 2.45 bits per heavy atom. The van der Waals surface area contributed by atoms with Gasteiger partial charge in [0, 0.05) is 5.69 Å². The molecular weight excluding hydrogens is 306 g/mol. The van der Waals surface area contributed by atoms with Crippen molar-refractivity contribution < 1.29 is 13.7 Å². The molecule has 1 heterocycles. The van der Waals surface area contributed by atoms with Crippen LogP contribution in [0.25, 0.3) is 0 Å². The molecule has 2 aromatic rings. The molecule has 0 bridgehead atoms. The Balaban J connectivity index is 2.29. The van der Waals surface area contributed by atoms with E-state index in [0.717, 1.165) is 0 Å². The Kier molecular flexibility index (Phi) is 3.97. The molecule has 8 nitrogen and oxygen atoms in total. The van der Waals surface area contributed by atoms with Crippen LogP contribution in [0.4, 0.5) is 17.6 Å². The van der Waals surface area contributed by atoms with Crippen LogP contribution in [0.1, 0.15) is 5.56 Å². The molecule has 0 saturated heterocycles. The first kappa shape index (κ1) is 14.8. The first-order chi connectivity index (χ1) is 9.25. The number of nitrogens with one attached hydrogen (secondary N) is 1. The Morgan fingerprint density at radius 2 is 1.90 bits per heavy atom. The molecule has 6 N–H and O–H groups in total. The summed E-state index contributed by atoms with van der Waals surface area (Å²) in [4.78, 5) is 11.4. The normalized spacial score (nSPS) is 12.2. The first-order valence-electron chi connectivity index (χ1n) is 5.31. The highest BCUT2D eigenvalue weighted by Crippen LogP contribution is 2.45. The van der Waals surface area contributed by atoms with E-state index in [9.17, 15) is 13.7 Å². The number of nitrogens with two attached hydrogens (primary N) is 1.